The van der Waals surface area contributed by atoms with Gasteiger partial charge in [0.15, 0.2) is 9.84 Å². The summed E-state index contributed by atoms with van der Waals surface area (Å²) in [4.78, 5) is 11.7. The molecule has 3 N–H and O–H groups in total. The molecule has 0 aliphatic heterocycles. The van der Waals surface area contributed by atoms with Gasteiger partial charge in [-0.2, -0.15) is 0 Å². The maximum absolute atomic E-state index is 11.9. The van der Waals surface area contributed by atoms with E-state index in [-0.39, 0.29) is 18.1 Å². The highest BCUT2D eigenvalue weighted by molar-refractivity contribution is 7.92. The first-order valence-corrected chi connectivity index (χ1v) is 8.15. The number of sulfone groups is 1. The van der Waals surface area contributed by atoms with Crippen LogP contribution < -0.4 is 11.1 Å². The van der Waals surface area contributed by atoms with E-state index >= 15 is 0 Å². The first-order chi connectivity index (χ1) is 9.13. The lowest BCUT2D eigenvalue weighted by Crippen LogP contribution is -2.30. The Labute approximate surface area is 120 Å². The number of nitrogens with two attached hydrogens (primary N) is 1. The van der Waals surface area contributed by atoms with Gasteiger partial charge in [0, 0.05) is 6.42 Å². The zero-order valence-corrected chi connectivity index (χ0v) is 13.0. The summed E-state index contributed by atoms with van der Waals surface area (Å²) in [6.07, 6.45) is 0.460. The summed E-state index contributed by atoms with van der Waals surface area (Å²) in [6, 6.07) is 6.95. The first-order valence-electron chi connectivity index (χ1n) is 6.50. The molecule has 0 saturated carbocycles. The normalized spacial score (nSPS) is 12.2. The second-order valence-corrected chi connectivity index (χ2v) is 8.53. The maximum atomic E-state index is 11.9. The van der Waals surface area contributed by atoms with Crippen LogP contribution in [0.1, 0.15) is 33.6 Å². The molecule has 0 saturated heterocycles. The van der Waals surface area contributed by atoms with Crippen LogP contribution >= 0.6 is 0 Å². The molecule has 1 amide bonds. The van der Waals surface area contributed by atoms with Crippen LogP contribution in [0.3, 0.4) is 0 Å². The van der Waals surface area contributed by atoms with E-state index in [0.717, 1.165) is 0 Å². The summed E-state index contributed by atoms with van der Waals surface area (Å²) < 4.78 is 23.0. The molecule has 6 heteroatoms. The van der Waals surface area contributed by atoms with Crippen molar-refractivity contribution >= 4 is 27.1 Å². The predicted octanol–water partition coefficient (Wildman–Crippen LogP) is 2.20. The topological polar surface area (TPSA) is 89.3 Å². The predicted molar refractivity (Wildman–Crippen MR) is 82.3 cm³/mol. The Bertz CT molecular complexity index is 574. The largest absolute Gasteiger partial charge is 0.397 e. The fourth-order valence-corrected chi connectivity index (χ4v) is 2.69. The van der Waals surface area contributed by atoms with Crippen molar-refractivity contribution in [2.75, 3.05) is 16.8 Å². The molecule has 0 fully saturated rings. The third-order valence-corrected chi connectivity index (χ3v) is 5.68. The highest BCUT2D eigenvalue weighted by Gasteiger charge is 2.28. The van der Waals surface area contributed by atoms with Gasteiger partial charge < -0.3 is 11.1 Å². The Hall–Kier alpha value is -1.56. The van der Waals surface area contributed by atoms with Gasteiger partial charge >= 0.3 is 0 Å². The zero-order chi connectivity index (χ0) is 15.4. The molecule has 112 valence electrons. The molecule has 0 aliphatic carbocycles. The molecule has 1 rings (SSSR count). The van der Waals surface area contributed by atoms with E-state index in [1.165, 1.54) is 0 Å². The van der Waals surface area contributed by atoms with Crippen LogP contribution in [-0.4, -0.2) is 24.8 Å². The fourth-order valence-electron chi connectivity index (χ4n) is 1.55. The number of carbonyl (C=O) groups is 1. The molecule has 20 heavy (non-hydrogen) atoms. The van der Waals surface area contributed by atoms with Crippen LogP contribution in [0.2, 0.25) is 0 Å². The minimum absolute atomic E-state index is 0.00813. The Morgan fingerprint density at radius 1 is 1.25 bits per heavy atom. The molecule has 0 aliphatic rings. The molecule has 1 aromatic carbocycles. The molecular formula is C14H22N2O3S. The molecule has 0 bridgehead atoms. The van der Waals surface area contributed by atoms with Crippen LogP contribution in [0.5, 0.6) is 0 Å². The van der Waals surface area contributed by atoms with Crippen molar-refractivity contribution in [2.24, 2.45) is 0 Å². The summed E-state index contributed by atoms with van der Waals surface area (Å²) in [5.74, 6) is -0.221. The molecule has 0 radical (unpaired) electrons. The van der Waals surface area contributed by atoms with Gasteiger partial charge in [-0.05, 0) is 39.3 Å². The average Bonchev–Trinajstić information content (AvgIpc) is 2.30. The van der Waals surface area contributed by atoms with E-state index in [1.54, 1.807) is 45.0 Å². The molecule has 0 spiro atoms. The van der Waals surface area contributed by atoms with Crippen molar-refractivity contribution in [3.05, 3.63) is 24.3 Å². The number of amides is 1. The quantitative estimate of drug-likeness (QED) is 0.815. The zero-order valence-electron chi connectivity index (χ0n) is 12.1. The number of rotatable bonds is 5. The van der Waals surface area contributed by atoms with Gasteiger partial charge in [0.1, 0.15) is 0 Å². The number of para-hydroxylation sites is 2. The minimum atomic E-state index is -3.18. The van der Waals surface area contributed by atoms with E-state index in [4.69, 9.17) is 5.73 Å². The summed E-state index contributed by atoms with van der Waals surface area (Å²) in [6.45, 7) is 4.98. The van der Waals surface area contributed by atoms with Crippen molar-refractivity contribution in [1.29, 1.82) is 0 Å². The SMILES string of the molecule is CC(C)(C)S(=O)(=O)CCCC(=O)Nc1ccccc1N. The highest BCUT2D eigenvalue weighted by atomic mass is 32.2. The summed E-state index contributed by atoms with van der Waals surface area (Å²) in [7, 11) is -3.18. The second-order valence-electron chi connectivity index (χ2n) is 5.67. The van der Waals surface area contributed by atoms with Crippen LogP contribution in [0.15, 0.2) is 24.3 Å². The van der Waals surface area contributed by atoms with Gasteiger partial charge in [0.25, 0.3) is 0 Å². The van der Waals surface area contributed by atoms with E-state index in [2.05, 4.69) is 5.32 Å². The van der Waals surface area contributed by atoms with Gasteiger partial charge in [-0.15, -0.1) is 0 Å². The van der Waals surface area contributed by atoms with Crippen molar-refractivity contribution in [1.82, 2.24) is 0 Å². The molecule has 5 nitrogen and oxygen atoms in total. The highest BCUT2D eigenvalue weighted by Crippen LogP contribution is 2.19. The standard InChI is InChI=1S/C14H22N2O3S/c1-14(2,3)20(18,19)10-6-9-13(17)16-12-8-5-4-7-11(12)15/h4-5,7-8H,6,9-10,15H2,1-3H3,(H,16,17). The number of anilines is 2. The lowest BCUT2D eigenvalue weighted by molar-refractivity contribution is -0.116. The monoisotopic (exact) mass is 298 g/mol. The smallest absolute Gasteiger partial charge is 0.224 e. The Morgan fingerprint density at radius 2 is 1.85 bits per heavy atom. The summed E-state index contributed by atoms with van der Waals surface area (Å²) in [5.41, 5.74) is 6.75. The van der Waals surface area contributed by atoms with Gasteiger partial charge in [-0.25, -0.2) is 8.42 Å². The molecule has 0 aromatic heterocycles. The molecule has 0 atom stereocenters. The third-order valence-electron chi connectivity index (χ3n) is 2.98. The van der Waals surface area contributed by atoms with Crippen LogP contribution in [0.25, 0.3) is 0 Å². The van der Waals surface area contributed by atoms with Crippen molar-refractivity contribution in [3.63, 3.8) is 0 Å². The van der Waals surface area contributed by atoms with Gasteiger partial charge in [-0.1, -0.05) is 12.1 Å². The number of benzene rings is 1. The van der Waals surface area contributed by atoms with Crippen LogP contribution in [-0.2, 0) is 14.6 Å². The van der Waals surface area contributed by atoms with Crippen molar-refractivity contribution in [2.45, 2.75) is 38.4 Å². The fraction of sp³-hybridized carbons (Fsp3) is 0.500. The third kappa shape index (κ3) is 4.52. The Balaban J connectivity index is 2.48. The Morgan fingerprint density at radius 3 is 2.40 bits per heavy atom. The lowest BCUT2D eigenvalue weighted by atomic mass is 10.2. The van der Waals surface area contributed by atoms with Crippen LogP contribution in [0.4, 0.5) is 11.4 Å². The van der Waals surface area contributed by atoms with E-state index in [1.807, 2.05) is 0 Å². The van der Waals surface area contributed by atoms with Gasteiger partial charge in [0.05, 0.1) is 21.9 Å². The number of carbonyl (C=O) groups excluding carboxylic acids is 1. The Kier molecular flexibility index (Phi) is 5.16. The summed E-state index contributed by atoms with van der Waals surface area (Å²) >= 11 is 0. The summed E-state index contributed by atoms with van der Waals surface area (Å²) in [5, 5.41) is 2.68. The van der Waals surface area contributed by atoms with E-state index < -0.39 is 14.6 Å². The molecule has 0 unspecified atom stereocenters. The van der Waals surface area contributed by atoms with E-state index in [0.29, 0.717) is 17.8 Å². The number of nitrogens with one attached hydrogen (secondary N) is 1. The van der Waals surface area contributed by atoms with Crippen molar-refractivity contribution < 1.29 is 13.2 Å². The minimum Gasteiger partial charge on any atom is -0.397 e. The second kappa shape index (κ2) is 6.26. The number of hydrogen-bond donors (Lipinski definition) is 2. The molecule has 1 aromatic rings. The van der Waals surface area contributed by atoms with Crippen molar-refractivity contribution in [3.8, 4) is 0 Å². The lowest BCUT2D eigenvalue weighted by Gasteiger charge is -2.18. The molecule has 0 heterocycles. The number of nitrogen functional groups attached to an aromatic ring is 1. The maximum Gasteiger partial charge on any atom is 0.224 e. The first kappa shape index (κ1) is 16.5. The molecular weight excluding hydrogens is 276 g/mol. The average molecular weight is 298 g/mol. The van der Waals surface area contributed by atoms with Gasteiger partial charge in [-0.3, -0.25) is 4.79 Å². The number of hydrogen-bond acceptors (Lipinski definition) is 4. The van der Waals surface area contributed by atoms with Gasteiger partial charge in [0.2, 0.25) is 5.91 Å². The van der Waals surface area contributed by atoms with Crippen LogP contribution in [0, 0.1) is 0 Å². The van der Waals surface area contributed by atoms with E-state index in [9.17, 15) is 13.2 Å².